The van der Waals surface area contributed by atoms with Gasteiger partial charge in [0.2, 0.25) is 0 Å². The quantitative estimate of drug-likeness (QED) is 0.513. The first-order chi connectivity index (χ1) is 14.0. The Bertz CT molecular complexity index is 1350. The maximum Gasteiger partial charge on any atom is 0.281 e. The van der Waals surface area contributed by atoms with Gasteiger partial charge in [0.15, 0.2) is 15.1 Å². The van der Waals surface area contributed by atoms with Gasteiger partial charge in [-0.25, -0.2) is 4.98 Å². The predicted octanol–water partition coefficient (Wildman–Crippen LogP) is 4.24. The highest BCUT2D eigenvalue weighted by molar-refractivity contribution is 7.92. The SMILES string of the molecule is O=S(=O)(Nc1ccc(C2=NCCc3ccccc32)cc1)c1c(Cl)nc2sccn12. The minimum absolute atomic E-state index is 0.0471. The first kappa shape index (κ1) is 18.4. The highest BCUT2D eigenvalue weighted by Gasteiger charge is 2.25. The summed E-state index contributed by atoms with van der Waals surface area (Å²) in [5, 5.41) is 1.65. The third-order valence-corrected chi connectivity index (χ3v) is 7.30. The largest absolute Gasteiger partial charge is 0.284 e. The van der Waals surface area contributed by atoms with E-state index in [2.05, 4.69) is 26.8 Å². The molecular weight excluding hydrogens is 428 g/mol. The predicted molar refractivity (Wildman–Crippen MR) is 116 cm³/mol. The molecule has 3 heterocycles. The van der Waals surface area contributed by atoms with Gasteiger partial charge in [0.25, 0.3) is 10.0 Å². The molecule has 5 rings (SSSR count). The topological polar surface area (TPSA) is 75.8 Å². The molecule has 1 aliphatic rings. The fourth-order valence-corrected chi connectivity index (χ4v) is 5.98. The lowest BCUT2D eigenvalue weighted by atomic mass is 9.93. The van der Waals surface area contributed by atoms with Crippen LogP contribution in [0.3, 0.4) is 0 Å². The van der Waals surface area contributed by atoms with Crippen molar-refractivity contribution in [3.8, 4) is 0 Å². The zero-order valence-electron chi connectivity index (χ0n) is 15.0. The number of thiazole rings is 1. The minimum atomic E-state index is -3.89. The molecule has 0 saturated heterocycles. The number of fused-ring (bicyclic) bond motifs is 2. The summed E-state index contributed by atoms with van der Waals surface area (Å²) in [6.45, 7) is 0.747. The van der Waals surface area contributed by atoms with Crippen molar-refractivity contribution in [2.45, 2.75) is 11.4 Å². The Balaban J connectivity index is 1.45. The maximum absolute atomic E-state index is 12.9. The number of halogens is 1. The first-order valence-corrected chi connectivity index (χ1v) is 11.6. The third-order valence-electron chi connectivity index (χ3n) is 4.77. The van der Waals surface area contributed by atoms with Crippen molar-refractivity contribution < 1.29 is 8.42 Å². The van der Waals surface area contributed by atoms with Gasteiger partial charge < -0.3 is 0 Å². The molecule has 0 bridgehead atoms. The number of sulfonamides is 1. The maximum atomic E-state index is 12.9. The van der Waals surface area contributed by atoms with Crippen LogP contribution in [-0.4, -0.2) is 30.1 Å². The molecule has 2 aromatic heterocycles. The Morgan fingerprint density at radius 3 is 2.72 bits per heavy atom. The van der Waals surface area contributed by atoms with Crippen molar-refractivity contribution in [3.63, 3.8) is 0 Å². The highest BCUT2D eigenvalue weighted by Crippen LogP contribution is 2.28. The average molecular weight is 443 g/mol. The van der Waals surface area contributed by atoms with Crippen LogP contribution < -0.4 is 4.72 Å². The molecule has 9 heteroatoms. The molecule has 0 fully saturated rings. The van der Waals surface area contributed by atoms with Crippen LogP contribution in [0.25, 0.3) is 4.96 Å². The van der Waals surface area contributed by atoms with Crippen molar-refractivity contribution in [2.24, 2.45) is 4.99 Å². The van der Waals surface area contributed by atoms with Crippen LogP contribution >= 0.6 is 22.9 Å². The summed E-state index contributed by atoms with van der Waals surface area (Å²) in [5.74, 6) is 0. The molecule has 0 unspecified atom stereocenters. The van der Waals surface area contributed by atoms with Crippen LogP contribution in [0.5, 0.6) is 0 Å². The van der Waals surface area contributed by atoms with E-state index in [4.69, 9.17) is 11.6 Å². The summed E-state index contributed by atoms with van der Waals surface area (Å²) in [5.41, 5.74) is 4.72. The van der Waals surface area contributed by atoms with Crippen molar-refractivity contribution in [3.05, 3.63) is 82.0 Å². The molecule has 0 amide bonds. The fourth-order valence-electron chi connectivity index (χ4n) is 3.47. The number of hydrogen-bond acceptors (Lipinski definition) is 5. The number of aliphatic imine (C=N–C) groups is 1. The molecule has 6 nitrogen and oxygen atoms in total. The second-order valence-electron chi connectivity index (χ2n) is 6.58. The number of anilines is 1. The molecule has 0 saturated carbocycles. The zero-order valence-corrected chi connectivity index (χ0v) is 17.4. The lowest BCUT2D eigenvalue weighted by Crippen LogP contribution is -2.16. The monoisotopic (exact) mass is 442 g/mol. The highest BCUT2D eigenvalue weighted by atomic mass is 35.5. The van der Waals surface area contributed by atoms with Crippen molar-refractivity contribution >= 4 is 49.3 Å². The van der Waals surface area contributed by atoms with Crippen LogP contribution in [0.1, 0.15) is 16.7 Å². The van der Waals surface area contributed by atoms with E-state index < -0.39 is 10.0 Å². The van der Waals surface area contributed by atoms with Crippen LogP contribution in [-0.2, 0) is 16.4 Å². The van der Waals surface area contributed by atoms with E-state index >= 15 is 0 Å². The Morgan fingerprint density at radius 1 is 1.10 bits per heavy atom. The summed E-state index contributed by atoms with van der Waals surface area (Å²) in [6.07, 6.45) is 2.57. The molecule has 0 spiro atoms. The van der Waals surface area contributed by atoms with E-state index in [1.807, 2.05) is 24.3 Å². The summed E-state index contributed by atoms with van der Waals surface area (Å²) in [6, 6.07) is 15.4. The van der Waals surface area contributed by atoms with Crippen molar-refractivity contribution in [1.29, 1.82) is 0 Å². The smallest absolute Gasteiger partial charge is 0.281 e. The molecule has 29 heavy (non-hydrogen) atoms. The number of imidazole rings is 1. The summed E-state index contributed by atoms with van der Waals surface area (Å²) < 4.78 is 29.8. The lowest BCUT2D eigenvalue weighted by molar-refractivity contribution is 0.596. The van der Waals surface area contributed by atoms with E-state index in [0.29, 0.717) is 10.6 Å². The third kappa shape index (κ3) is 3.23. The van der Waals surface area contributed by atoms with Gasteiger partial charge in [-0.2, -0.15) is 8.42 Å². The number of hydrogen-bond donors (Lipinski definition) is 1. The van der Waals surface area contributed by atoms with Crippen molar-refractivity contribution in [1.82, 2.24) is 9.38 Å². The van der Waals surface area contributed by atoms with Crippen LogP contribution in [0.4, 0.5) is 5.69 Å². The summed E-state index contributed by atoms with van der Waals surface area (Å²) in [7, 11) is -3.89. The molecule has 4 aromatic rings. The van der Waals surface area contributed by atoms with Gasteiger partial charge in [-0.05, 0) is 24.1 Å². The van der Waals surface area contributed by atoms with Crippen LogP contribution in [0.2, 0.25) is 5.15 Å². The second kappa shape index (κ2) is 6.98. The molecule has 1 aliphatic heterocycles. The molecule has 0 aliphatic carbocycles. The molecule has 2 aromatic carbocycles. The van der Waals surface area contributed by atoms with Crippen LogP contribution in [0.15, 0.2) is 70.1 Å². The lowest BCUT2D eigenvalue weighted by Gasteiger charge is -2.17. The number of rotatable bonds is 4. The van der Waals surface area contributed by atoms with E-state index in [9.17, 15) is 8.42 Å². The van der Waals surface area contributed by atoms with Gasteiger partial charge in [0.1, 0.15) is 0 Å². The molecular formula is C20H15ClN4O2S2. The zero-order chi connectivity index (χ0) is 20.0. The fraction of sp³-hybridized carbons (Fsp3) is 0.100. The molecule has 146 valence electrons. The van der Waals surface area contributed by atoms with Gasteiger partial charge >= 0.3 is 0 Å². The van der Waals surface area contributed by atoms with Gasteiger partial charge in [-0.15, -0.1) is 11.3 Å². The van der Waals surface area contributed by atoms with Gasteiger partial charge in [0, 0.05) is 34.9 Å². The van der Waals surface area contributed by atoms with Gasteiger partial charge in [-0.1, -0.05) is 48.0 Å². The summed E-state index contributed by atoms with van der Waals surface area (Å²) >= 11 is 7.39. The van der Waals surface area contributed by atoms with Crippen LogP contribution in [0, 0.1) is 0 Å². The van der Waals surface area contributed by atoms with Gasteiger partial charge in [-0.3, -0.25) is 14.1 Å². The number of benzene rings is 2. The average Bonchev–Trinajstić information content (AvgIpc) is 3.27. The Labute approximate surface area is 176 Å². The standard InChI is InChI=1S/C20H15ClN4O2S2/c21-18-19(25-11-12-28-20(25)23-18)29(26,27)24-15-7-5-14(6-8-15)17-16-4-2-1-3-13(16)9-10-22-17/h1-8,11-12,24H,9-10H2. The van der Waals surface area contributed by atoms with Gasteiger partial charge in [0.05, 0.1) is 5.71 Å². The van der Waals surface area contributed by atoms with E-state index in [-0.39, 0.29) is 10.2 Å². The molecule has 1 N–H and O–H groups in total. The molecule has 0 radical (unpaired) electrons. The van der Waals surface area contributed by atoms with E-state index in [0.717, 1.165) is 29.8 Å². The Hall–Kier alpha value is -2.68. The number of aromatic nitrogens is 2. The second-order valence-corrected chi connectivity index (χ2v) is 9.41. The number of nitrogens with one attached hydrogen (secondary N) is 1. The molecule has 0 atom stereocenters. The van der Waals surface area contributed by atoms with E-state index in [1.165, 1.54) is 21.3 Å². The first-order valence-electron chi connectivity index (χ1n) is 8.90. The normalized spacial score (nSPS) is 13.9. The van der Waals surface area contributed by atoms with E-state index in [1.54, 1.807) is 23.7 Å². The Morgan fingerprint density at radius 2 is 1.90 bits per heavy atom. The van der Waals surface area contributed by atoms with Crippen molar-refractivity contribution in [2.75, 3.05) is 11.3 Å². The number of nitrogens with zero attached hydrogens (tertiary/aromatic N) is 3. The Kier molecular flexibility index (Phi) is 4.42. The minimum Gasteiger partial charge on any atom is -0.284 e. The summed E-state index contributed by atoms with van der Waals surface area (Å²) in [4.78, 5) is 9.29.